The number of rotatable bonds is 1. The summed E-state index contributed by atoms with van der Waals surface area (Å²) in [5.74, 6) is -1.41. The first-order valence-corrected chi connectivity index (χ1v) is 4.98. The Hall–Kier alpha value is -1.36. The molecule has 0 aromatic rings. The number of amides is 1. The largest absolute Gasteiger partial charge is 0.516 e. The molecule has 0 aromatic carbocycles. The van der Waals surface area contributed by atoms with Crippen LogP contribution in [-0.4, -0.2) is 34.0 Å². The van der Waals surface area contributed by atoms with Crippen LogP contribution in [0.4, 0.5) is 0 Å². The number of nitrogens with one attached hydrogen (secondary N) is 1. The summed E-state index contributed by atoms with van der Waals surface area (Å²) in [6.07, 6.45) is 3.51. The third-order valence-corrected chi connectivity index (χ3v) is 3.16. The predicted octanol–water partition coefficient (Wildman–Crippen LogP) is -0.464. The third-order valence-electron chi connectivity index (χ3n) is 3.16. The summed E-state index contributed by atoms with van der Waals surface area (Å²) in [5.41, 5.74) is -1.45. The van der Waals surface area contributed by atoms with Crippen LogP contribution in [0.25, 0.3) is 0 Å². The van der Waals surface area contributed by atoms with E-state index in [2.05, 4.69) is 5.32 Å². The molecule has 2 heterocycles. The zero-order chi connectivity index (χ0) is 11.1. The molecule has 2 aliphatic heterocycles. The SMILES string of the molecule is CC[C@]1(O)C(=[OH+])OCC2C(=O)NC=CC21. The van der Waals surface area contributed by atoms with Crippen molar-refractivity contribution in [2.24, 2.45) is 11.8 Å². The van der Waals surface area contributed by atoms with Crippen LogP contribution in [-0.2, 0) is 9.53 Å². The summed E-state index contributed by atoms with van der Waals surface area (Å²) in [6.45, 7) is 1.84. The van der Waals surface area contributed by atoms with E-state index in [0.29, 0.717) is 6.42 Å². The van der Waals surface area contributed by atoms with E-state index in [1.807, 2.05) is 0 Å². The first kappa shape index (κ1) is 10.2. The van der Waals surface area contributed by atoms with Crippen LogP contribution in [0.5, 0.6) is 0 Å². The van der Waals surface area contributed by atoms with Gasteiger partial charge in [0.2, 0.25) is 11.5 Å². The summed E-state index contributed by atoms with van der Waals surface area (Å²) in [7, 11) is 0. The highest BCUT2D eigenvalue weighted by Gasteiger charge is 2.58. The topological polar surface area (TPSA) is 80.0 Å². The van der Waals surface area contributed by atoms with Crippen molar-refractivity contribution in [1.29, 1.82) is 0 Å². The van der Waals surface area contributed by atoms with E-state index in [9.17, 15) is 14.7 Å². The molecule has 0 bridgehead atoms. The van der Waals surface area contributed by atoms with E-state index in [1.54, 1.807) is 13.0 Å². The summed E-state index contributed by atoms with van der Waals surface area (Å²) >= 11 is 0. The minimum atomic E-state index is -1.45. The fourth-order valence-electron chi connectivity index (χ4n) is 2.13. The van der Waals surface area contributed by atoms with Gasteiger partial charge in [0, 0.05) is 12.1 Å². The van der Waals surface area contributed by atoms with Crippen molar-refractivity contribution >= 4 is 11.9 Å². The lowest BCUT2D eigenvalue weighted by Gasteiger charge is -2.36. The molecule has 82 valence electrons. The Balaban J connectivity index is 2.37. The van der Waals surface area contributed by atoms with Crippen molar-refractivity contribution in [3.8, 4) is 0 Å². The quantitative estimate of drug-likeness (QED) is 0.456. The van der Waals surface area contributed by atoms with Crippen molar-refractivity contribution in [3.05, 3.63) is 12.3 Å². The normalized spacial score (nSPS) is 39.3. The highest BCUT2D eigenvalue weighted by molar-refractivity contribution is 5.88. The fourth-order valence-corrected chi connectivity index (χ4v) is 2.13. The third kappa shape index (κ3) is 1.34. The van der Waals surface area contributed by atoms with Crippen molar-refractivity contribution in [3.63, 3.8) is 0 Å². The Morgan fingerprint density at radius 2 is 2.53 bits per heavy atom. The molecule has 2 aliphatic rings. The molecule has 2 unspecified atom stereocenters. The Bertz CT molecular complexity index is 338. The monoisotopic (exact) mass is 212 g/mol. The Labute approximate surface area is 87.1 Å². The van der Waals surface area contributed by atoms with E-state index in [1.165, 1.54) is 6.20 Å². The molecule has 15 heavy (non-hydrogen) atoms. The Morgan fingerprint density at radius 3 is 3.20 bits per heavy atom. The average Bonchev–Trinajstić information content (AvgIpc) is 2.24. The second-order valence-electron chi connectivity index (χ2n) is 3.89. The number of cyclic esters (lactones) is 1. The molecule has 0 saturated carbocycles. The number of carbonyl (C=O) groups excluding carboxylic acids is 2. The maximum atomic E-state index is 11.5. The maximum absolute atomic E-state index is 11.5. The molecule has 5 heteroatoms. The number of aliphatic hydroxyl groups is 1. The Morgan fingerprint density at radius 1 is 1.80 bits per heavy atom. The number of hydrogen-bond donors (Lipinski definition) is 2. The van der Waals surface area contributed by atoms with Gasteiger partial charge in [-0.3, -0.25) is 4.79 Å². The molecule has 1 saturated heterocycles. The van der Waals surface area contributed by atoms with Gasteiger partial charge in [-0.15, -0.1) is 0 Å². The van der Waals surface area contributed by atoms with E-state index in [4.69, 9.17) is 4.74 Å². The smallest absolute Gasteiger partial charge is 0.373 e. The van der Waals surface area contributed by atoms with Gasteiger partial charge in [-0.25, -0.2) is 0 Å². The molecule has 3 atom stereocenters. The van der Waals surface area contributed by atoms with Gasteiger partial charge in [0.1, 0.15) is 5.92 Å². The Kier molecular flexibility index (Phi) is 2.26. The van der Waals surface area contributed by atoms with Crippen LogP contribution in [0.3, 0.4) is 0 Å². The average molecular weight is 212 g/mol. The van der Waals surface area contributed by atoms with Crippen LogP contribution in [0.15, 0.2) is 12.3 Å². The van der Waals surface area contributed by atoms with Crippen molar-refractivity contribution < 1.29 is 19.4 Å². The summed E-state index contributed by atoms with van der Waals surface area (Å²) in [4.78, 5) is 21.0. The van der Waals surface area contributed by atoms with Crippen LogP contribution in [0.2, 0.25) is 0 Å². The number of fused-ring (bicyclic) bond motifs is 1. The van der Waals surface area contributed by atoms with Crippen LogP contribution >= 0.6 is 0 Å². The van der Waals surface area contributed by atoms with E-state index in [0.717, 1.165) is 0 Å². The van der Waals surface area contributed by atoms with Gasteiger partial charge < -0.3 is 20.0 Å². The highest BCUT2D eigenvalue weighted by Crippen LogP contribution is 2.36. The molecule has 5 nitrogen and oxygen atoms in total. The molecule has 0 aromatic heterocycles. The predicted molar refractivity (Wildman–Crippen MR) is 52.4 cm³/mol. The lowest BCUT2D eigenvalue weighted by molar-refractivity contribution is -0.134. The molecular weight excluding hydrogens is 198 g/mol. The highest BCUT2D eigenvalue weighted by atomic mass is 16.6. The van der Waals surface area contributed by atoms with Gasteiger partial charge in [0.05, 0.1) is 0 Å². The summed E-state index contributed by atoms with van der Waals surface area (Å²) < 4.78 is 4.95. The van der Waals surface area contributed by atoms with Crippen LogP contribution < -0.4 is 5.32 Å². The van der Waals surface area contributed by atoms with Crippen LogP contribution in [0, 0.1) is 11.8 Å². The van der Waals surface area contributed by atoms with Gasteiger partial charge in [0.25, 0.3) is 0 Å². The minimum absolute atomic E-state index is 0.106. The van der Waals surface area contributed by atoms with Gasteiger partial charge in [0.15, 0.2) is 6.61 Å². The minimum Gasteiger partial charge on any atom is -0.373 e. The molecule has 0 radical (unpaired) electrons. The lowest BCUT2D eigenvalue weighted by Crippen LogP contribution is -2.58. The standard InChI is InChI=1S/C10H13NO4/c1-2-10(14)7-3-4-11-8(12)6(7)5-15-9(10)13/h3-4,6-7,14H,2,5H2,1H3,(H,11,12)/p+1/t6?,7?,10-/m1/s1. The number of carbonyl (C=O) groups is 1. The molecule has 0 aliphatic carbocycles. The zero-order valence-electron chi connectivity index (χ0n) is 8.43. The number of ether oxygens (including phenoxy) is 1. The van der Waals surface area contributed by atoms with Crippen molar-refractivity contribution in [1.82, 2.24) is 5.32 Å². The number of hydrogen-bond acceptors (Lipinski definition) is 3. The lowest BCUT2D eigenvalue weighted by atomic mass is 9.73. The first-order chi connectivity index (χ1) is 7.09. The number of esters is 1. The van der Waals surface area contributed by atoms with E-state index < -0.39 is 17.4 Å². The van der Waals surface area contributed by atoms with Gasteiger partial charge in [-0.2, -0.15) is 0 Å². The molecule has 1 amide bonds. The molecule has 3 N–H and O–H groups in total. The van der Waals surface area contributed by atoms with Crippen molar-refractivity contribution in [2.45, 2.75) is 18.9 Å². The fraction of sp³-hybridized carbons (Fsp3) is 0.600. The zero-order valence-corrected chi connectivity index (χ0v) is 8.43. The van der Waals surface area contributed by atoms with Gasteiger partial charge >= 0.3 is 5.97 Å². The second-order valence-corrected chi connectivity index (χ2v) is 3.89. The second kappa shape index (κ2) is 3.34. The summed E-state index contributed by atoms with van der Waals surface area (Å²) in [6, 6.07) is 0. The molecule has 1 fully saturated rings. The van der Waals surface area contributed by atoms with Gasteiger partial charge in [-0.1, -0.05) is 13.0 Å². The van der Waals surface area contributed by atoms with Gasteiger partial charge in [-0.05, 0) is 6.42 Å². The van der Waals surface area contributed by atoms with Crippen LogP contribution in [0.1, 0.15) is 13.3 Å². The van der Waals surface area contributed by atoms with Crippen molar-refractivity contribution in [2.75, 3.05) is 6.61 Å². The van der Waals surface area contributed by atoms with E-state index >= 15 is 0 Å². The molecule has 2 rings (SSSR count). The molecule has 0 spiro atoms. The van der Waals surface area contributed by atoms with E-state index in [-0.39, 0.29) is 18.5 Å². The molecular formula is C10H14NO4+. The summed E-state index contributed by atoms with van der Waals surface area (Å²) in [5, 5.41) is 12.8. The first-order valence-electron chi connectivity index (χ1n) is 4.98. The maximum Gasteiger partial charge on any atom is 0.516 e.